The average Bonchev–Trinajstić information content (AvgIpc) is 2.37. The number of alkyl halides is 1. The van der Waals surface area contributed by atoms with Crippen LogP contribution in [0.2, 0.25) is 0 Å². The van der Waals surface area contributed by atoms with Crippen molar-refractivity contribution in [3.05, 3.63) is 34.9 Å². The van der Waals surface area contributed by atoms with Crippen molar-refractivity contribution in [3.63, 3.8) is 0 Å². The molecule has 0 saturated carbocycles. The predicted octanol–water partition coefficient (Wildman–Crippen LogP) is 2.43. The van der Waals surface area contributed by atoms with Crippen LogP contribution in [0.1, 0.15) is 45.5 Å². The van der Waals surface area contributed by atoms with Gasteiger partial charge in [-0.05, 0) is 37.6 Å². The third-order valence-corrected chi connectivity index (χ3v) is 2.97. The zero-order chi connectivity index (χ0) is 14.6. The molecule has 0 spiro atoms. The number of halogens is 1. The highest BCUT2D eigenvalue weighted by Gasteiger charge is 2.23. The number of carbonyl (C=O) groups excluding carboxylic acids is 2. The van der Waals surface area contributed by atoms with Crippen molar-refractivity contribution >= 4 is 29.3 Å². The number of Topliss-reactive ketones (excluding diaryl/α,β-unsaturated/α-hetero) is 1. The molecule has 19 heavy (non-hydrogen) atoms. The summed E-state index contributed by atoms with van der Waals surface area (Å²) in [4.78, 5) is 34.0. The van der Waals surface area contributed by atoms with Crippen LogP contribution >= 0.6 is 11.6 Å². The standard InChI is InChI=1S/C13H13ClO5/c1-3-19-13(18)9-5-4-8(12(16)17)6-10(9)11(14)7(2)15/h4-6,11H,3H2,1-2H3,(H,16,17). The van der Waals surface area contributed by atoms with Crippen molar-refractivity contribution in [3.8, 4) is 0 Å². The Balaban J connectivity index is 3.34. The summed E-state index contributed by atoms with van der Waals surface area (Å²) in [5.74, 6) is -2.18. The quantitative estimate of drug-likeness (QED) is 0.663. The van der Waals surface area contributed by atoms with E-state index in [1.807, 2.05) is 0 Å². The molecule has 1 atom stereocenters. The van der Waals surface area contributed by atoms with E-state index in [0.717, 1.165) is 0 Å². The minimum absolute atomic E-state index is 0.0463. The highest BCUT2D eigenvalue weighted by molar-refractivity contribution is 6.31. The lowest BCUT2D eigenvalue weighted by Gasteiger charge is -2.12. The number of carbonyl (C=O) groups is 3. The first-order chi connectivity index (χ1) is 8.88. The second kappa shape index (κ2) is 6.33. The van der Waals surface area contributed by atoms with E-state index in [-0.39, 0.29) is 29.1 Å². The largest absolute Gasteiger partial charge is 0.478 e. The van der Waals surface area contributed by atoms with E-state index < -0.39 is 17.3 Å². The third-order valence-electron chi connectivity index (χ3n) is 2.42. The number of ketones is 1. The maximum atomic E-state index is 11.7. The van der Waals surface area contributed by atoms with Crippen molar-refractivity contribution in [1.82, 2.24) is 0 Å². The number of ether oxygens (including phenoxy) is 1. The van der Waals surface area contributed by atoms with Crippen LogP contribution in [0.15, 0.2) is 18.2 Å². The van der Waals surface area contributed by atoms with Gasteiger partial charge in [-0.25, -0.2) is 9.59 Å². The molecule has 102 valence electrons. The fraction of sp³-hybridized carbons (Fsp3) is 0.308. The van der Waals surface area contributed by atoms with Gasteiger partial charge in [-0.3, -0.25) is 4.79 Å². The van der Waals surface area contributed by atoms with E-state index in [1.54, 1.807) is 6.92 Å². The molecule has 0 bridgehead atoms. The third kappa shape index (κ3) is 3.54. The summed E-state index contributed by atoms with van der Waals surface area (Å²) in [6.07, 6.45) is 0. The van der Waals surface area contributed by atoms with Gasteiger partial charge in [0.1, 0.15) is 5.38 Å². The minimum atomic E-state index is -1.16. The summed E-state index contributed by atoms with van der Waals surface area (Å²) in [5, 5.41) is 7.83. The highest BCUT2D eigenvalue weighted by atomic mass is 35.5. The first-order valence-electron chi connectivity index (χ1n) is 5.57. The number of esters is 1. The van der Waals surface area contributed by atoms with E-state index in [9.17, 15) is 14.4 Å². The SMILES string of the molecule is CCOC(=O)c1ccc(C(=O)O)cc1C(Cl)C(C)=O. The molecule has 0 amide bonds. The Bertz CT molecular complexity index is 524. The van der Waals surface area contributed by atoms with Crippen LogP contribution in [0.5, 0.6) is 0 Å². The second-order valence-corrected chi connectivity index (χ2v) is 4.24. The first kappa shape index (κ1) is 15.2. The van der Waals surface area contributed by atoms with Crippen LogP contribution in [0, 0.1) is 0 Å². The summed E-state index contributed by atoms with van der Waals surface area (Å²) in [6.45, 7) is 3.08. The zero-order valence-electron chi connectivity index (χ0n) is 10.5. The summed E-state index contributed by atoms with van der Waals surface area (Å²) in [5.41, 5.74) is 0.199. The van der Waals surface area contributed by atoms with Crippen molar-refractivity contribution in [2.75, 3.05) is 6.61 Å². The monoisotopic (exact) mass is 284 g/mol. The van der Waals surface area contributed by atoms with Crippen LogP contribution in [-0.4, -0.2) is 29.4 Å². The van der Waals surface area contributed by atoms with Crippen molar-refractivity contribution < 1.29 is 24.2 Å². The van der Waals surface area contributed by atoms with Crippen LogP contribution in [-0.2, 0) is 9.53 Å². The number of carboxylic acids is 1. The molecule has 0 aliphatic heterocycles. The molecule has 1 aromatic rings. The zero-order valence-corrected chi connectivity index (χ0v) is 11.2. The van der Waals surface area contributed by atoms with Gasteiger partial charge in [0, 0.05) is 0 Å². The molecule has 1 rings (SSSR count). The Morgan fingerprint density at radius 1 is 1.37 bits per heavy atom. The number of benzene rings is 1. The molecule has 0 saturated heterocycles. The molecule has 6 heteroatoms. The Labute approximate surface area is 115 Å². The van der Waals surface area contributed by atoms with Crippen LogP contribution in [0.3, 0.4) is 0 Å². The Morgan fingerprint density at radius 3 is 2.47 bits per heavy atom. The molecule has 0 heterocycles. The lowest BCUT2D eigenvalue weighted by atomic mass is 9.99. The first-order valence-corrected chi connectivity index (χ1v) is 6.01. The molecule has 0 fully saturated rings. The normalized spacial score (nSPS) is 11.7. The summed E-state index contributed by atoms with van der Waals surface area (Å²) >= 11 is 5.92. The van der Waals surface area contributed by atoms with Crippen LogP contribution in [0.4, 0.5) is 0 Å². The Hall–Kier alpha value is -1.88. The summed E-state index contributed by atoms with van der Waals surface area (Å²) in [7, 11) is 0. The number of carboxylic acid groups (broad SMARTS) is 1. The van der Waals surface area contributed by atoms with E-state index in [2.05, 4.69) is 0 Å². The fourth-order valence-corrected chi connectivity index (χ4v) is 1.70. The van der Waals surface area contributed by atoms with Gasteiger partial charge in [-0.15, -0.1) is 11.6 Å². The number of rotatable bonds is 5. The molecule has 0 aliphatic carbocycles. The highest BCUT2D eigenvalue weighted by Crippen LogP contribution is 2.27. The average molecular weight is 285 g/mol. The lowest BCUT2D eigenvalue weighted by molar-refractivity contribution is -0.116. The van der Waals surface area contributed by atoms with E-state index in [0.29, 0.717) is 0 Å². The van der Waals surface area contributed by atoms with E-state index >= 15 is 0 Å². The molecule has 5 nitrogen and oxygen atoms in total. The van der Waals surface area contributed by atoms with Crippen LogP contribution < -0.4 is 0 Å². The number of aromatic carboxylic acids is 1. The van der Waals surface area contributed by atoms with Gasteiger partial charge >= 0.3 is 11.9 Å². The van der Waals surface area contributed by atoms with Crippen molar-refractivity contribution in [1.29, 1.82) is 0 Å². The molecule has 1 aromatic carbocycles. The van der Waals surface area contributed by atoms with Gasteiger partial charge in [0.15, 0.2) is 5.78 Å². The van der Waals surface area contributed by atoms with Gasteiger partial charge in [-0.2, -0.15) is 0 Å². The Morgan fingerprint density at radius 2 is 2.00 bits per heavy atom. The van der Waals surface area contributed by atoms with E-state index in [4.69, 9.17) is 21.4 Å². The maximum absolute atomic E-state index is 11.7. The van der Waals surface area contributed by atoms with Crippen LogP contribution in [0.25, 0.3) is 0 Å². The maximum Gasteiger partial charge on any atom is 0.338 e. The van der Waals surface area contributed by atoms with Gasteiger partial charge in [-0.1, -0.05) is 0 Å². The molecule has 1 N–H and O–H groups in total. The topological polar surface area (TPSA) is 80.7 Å². The molecule has 0 aliphatic rings. The predicted molar refractivity (Wildman–Crippen MR) is 68.6 cm³/mol. The smallest absolute Gasteiger partial charge is 0.338 e. The van der Waals surface area contributed by atoms with Gasteiger partial charge < -0.3 is 9.84 Å². The van der Waals surface area contributed by atoms with Gasteiger partial charge in [0.05, 0.1) is 17.7 Å². The molecular weight excluding hydrogens is 272 g/mol. The molecule has 0 radical (unpaired) electrons. The minimum Gasteiger partial charge on any atom is -0.478 e. The lowest BCUT2D eigenvalue weighted by Crippen LogP contribution is -2.13. The van der Waals surface area contributed by atoms with Gasteiger partial charge in [0.2, 0.25) is 0 Å². The van der Waals surface area contributed by atoms with Crippen molar-refractivity contribution in [2.24, 2.45) is 0 Å². The second-order valence-electron chi connectivity index (χ2n) is 3.80. The fourth-order valence-electron chi connectivity index (χ4n) is 1.52. The van der Waals surface area contributed by atoms with E-state index in [1.165, 1.54) is 25.1 Å². The molecular formula is C13H13ClO5. The number of hydrogen-bond donors (Lipinski definition) is 1. The molecule has 0 aromatic heterocycles. The Kier molecular flexibility index (Phi) is 5.06. The summed E-state index contributed by atoms with van der Waals surface area (Å²) < 4.78 is 4.84. The summed E-state index contributed by atoms with van der Waals surface area (Å²) in [6, 6.07) is 3.78. The van der Waals surface area contributed by atoms with Gasteiger partial charge in [0.25, 0.3) is 0 Å². The van der Waals surface area contributed by atoms with Crippen molar-refractivity contribution in [2.45, 2.75) is 19.2 Å². The number of hydrogen-bond acceptors (Lipinski definition) is 4. The molecule has 1 unspecified atom stereocenters.